The largest absolute Gasteiger partial charge is 0.469 e. The van der Waals surface area contributed by atoms with Crippen LogP contribution in [0.25, 0.3) is 98.0 Å². The Kier molecular flexibility index (Phi) is 44.5. The van der Waals surface area contributed by atoms with E-state index in [1.807, 2.05) is 144 Å². The Labute approximate surface area is 659 Å². The summed E-state index contributed by atoms with van der Waals surface area (Å²) in [5.74, 6) is -0.804. The second-order valence-electron chi connectivity index (χ2n) is 24.8. The molecule has 10 heteroatoms. The Balaban J connectivity index is 0.000000326. The molecular formula is C100H126O10. The van der Waals surface area contributed by atoms with E-state index in [1.54, 1.807) is 7.11 Å². The second-order valence-corrected chi connectivity index (χ2v) is 24.8. The van der Waals surface area contributed by atoms with Crippen molar-refractivity contribution in [2.75, 3.05) is 40.6 Å². The van der Waals surface area contributed by atoms with Crippen LogP contribution in [-0.2, 0) is 86.5 Å². The van der Waals surface area contributed by atoms with Crippen molar-refractivity contribution >= 4 is 88.5 Å². The molecule has 0 fully saturated rings. The van der Waals surface area contributed by atoms with E-state index in [0.717, 1.165) is 128 Å². The van der Waals surface area contributed by atoms with Gasteiger partial charge in [-0.25, -0.2) is 0 Å². The van der Waals surface area contributed by atoms with Gasteiger partial charge in [0.1, 0.15) is 6.61 Å². The van der Waals surface area contributed by atoms with E-state index < -0.39 is 0 Å². The lowest BCUT2D eigenvalue weighted by molar-refractivity contribution is -0.145. The lowest BCUT2D eigenvalue weighted by Gasteiger charge is -2.17. The number of methoxy groups -OCH3 is 2. The number of fused-ring (bicyclic) bond motifs is 6. The maximum Gasteiger partial charge on any atom is 0.310 e. The number of hydrogen-bond donors (Lipinski definition) is 0. The maximum absolute atomic E-state index is 12.1. The molecule has 110 heavy (non-hydrogen) atoms. The van der Waals surface area contributed by atoms with Gasteiger partial charge < -0.3 is 28.4 Å². The third-order valence-electron chi connectivity index (χ3n) is 18.0. The third kappa shape index (κ3) is 26.4. The Morgan fingerprint density at radius 1 is 0.291 bits per heavy atom. The first-order chi connectivity index (χ1) is 54.0. The molecule has 0 amide bonds. The van der Waals surface area contributed by atoms with E-state index in [4.69, 9.17) is 28.4 Å². The van der Waals surface area contributed by atoms with Crippen LogP contribution in [-0.4, -0.2) is 64.5 Å². The van der Waals surface area contributed by atoms with Crippen molar-refractivity contribution in [2.24, 2.45) is 0 Å². The Morgan fingerprint density at radius 3 is 0.945 bits per heavy atom. The molecule has 0 bridgehead atoms. The minimum atomic E-state index is -0.263. The number of unbranched alkanes of at least 4 members (excludes halogenated alkanes) is 3. The topological polar surface area (TPSA) is 124 Å². The van der Waals surface area contributed by atoms with Crippen LogP contribution in [0.2, 0.25) is 0 Å². The molecule has 0 saturated carbocycles. The van der Waals surface area contributed by atoms with Gasteiger partial charge in [0.25, 0.3) is 0 Å². The minimum absolute atomic E-state index is 0.146. The molecule has 0 unspecified atom stereocenters. The lowest BCUT2D eigenvalue weighted by Crippen LogP contribution is -2.08. The predicted molar refractivity (Wildman–Crippen MR) is 468 cm³/mol. The summed E-state index contributed by atoms with van der Waals surface area (Å²) in [7, 11) is 3.20. The van der Waals surface area contributed by atoms with Gasteiger partial charge in [-0.2, -0.15) is 0 Å². The van der Waals surface area contributed by atoms with Gasteiger partial charge in [0.2, 0.25) is 0 Å². The van der Waals surface area contributed by atoms with Gasteiger partial charge in [-0.1, -0.05) is 342 Å². The zero-order valence-electron chi connectivity index (χ0n) is 69.6. The van der Waals surface area contributed by atoms with E-state index >= 15 is 0 Å². The summed E-state index contributed by atoms with van der Waals surface area (Å²) < 4.78 is 32.1. The summed E-state index contributed by atoms with van der Waals surface area (Å²) in [6.45, 7) is 35.1. The average Bonchev–Trinajstić information content (AvgIpc) is 0.760. The van der Waals surface area contributed by atoms with E-state index in [9.17, 15) is 19.2 Å². The second kappa shape index (κ2) is 53.0. The zero-order valence-corrected chi connectivity index (χ0v) is 69.6. The van der Waals surface area contributed by atoms with Crippen molar-refractivity contribution in [1.29, 1.82) is 0 Å². The molecule has 12 rings (SSSR count). The molecule has 586 valence electrons. The number of benzene rings is 12. The zero-order chi connectivity index (χ0) is 80.6. The molecule has 0 aliphatic heterocycles. The summed E-state index contributed by atoms with van der Waals surface area (Å²) in [4.78, 5) is 47.1. The molecule has 0 spiro atoms. The first kappa shape index (κ1) is 92.4. The Bertz CT molecular complexity index is 4500. The SMILES string of the molecule is CC.CC.CC.CC.CC.CC.CCCCC(=O)OCc1ccc(-c2c3ccccc3c(CCOC(C)=O)c3ccccc23)cc1.CCCCOC(=O)Cc1ccc(-c2c3ccccc3c(CCC(=O)OC)c3ccccc23)cc1.CCCCOCc1ccc(-c2c3ccccc3c(CCOC)c3ccccc23)cc1. The number of rotatable bonds is 27. The van der Waals surface area contributed by atoms with Crippen molar-refractivity contribution < 1.29 is 47.6 Å². The van der Waals surface area contributed by atoms with Crippen molar-refractivity contribution in [3.8, 4) is 33.4 Å². The predicted octanol–water partition coefficient (Wildman–Crippen LogP) is 27.0. The highest BCUT2D eigenvalue weighted by atomic mass is 16.5. The van der Waals surface area contributed by atoms with Crippen LogP contribution >= 0.6 is 0 Å². The van der Waals surface area contributed by atoms with E-state index in [-0.39, 0.29) is 30.3 Å². The summed E-state index contributed by atoms with van der Waals surface area (Å²) in [6.07, 6.45) is 9.28. The molecule has 12 aromatic carbocycles. The number of hydrogen-bond acceptors (Lipinski definition) is 10. The first-order valence-electron chi connectivity index (χ1n) is 40.7. The number of esters is 4. The van der Waals surface area contributed by atoms with E-state index in [2.05, 4.69) is 178 Å². The minimum Gasteiger partial charge on any atom is -0.469 e. The molecule has 0 heterocycles. The molecule has 0 aliphatic carbocycles. The highest BCUT2D eigenvalue weighted by Gasteiger charge is 2.20. The summed E-state index contributed by atoms with van der Waals surface area (Å²) in [5.41, 5.74) is 13.9. The molecule has 0 saturated heterocycles. The van der Waals surface area contributed by atoms with Crippen molar-refractivity contribution in [1.82, 2.24) is 0 Å². The van der Waals surface area contributed by atoms with Crippen LogP contribution in [0.3, 0.4) is 0 Å². The van der Waals surface area contributed by atoms with Gasteiger partial charge >= 0.3 is 23.9 Å². The summed E-state index contributed by atoms with van der Waals surface area (Å²) in [6, 6.07) is 76.3. The first-order valence-corrected chi connectivity index (χ1v) is 40.7. The highest BCUT2D eigenvalue weighted by Crippen LogP contribution is 2.43. The highest BCUT2D eigenvalue weighted by molar-refractivity contribution is 6.17. The normalized spacial score (nSPS) is 10.2. The van der Waals surface area contributed by atoms with Crippen molar-refractivity contribution in [3.63, 3.8) is 0 Å². The molecule has 0 radical (unpaired) electrons. The average molecular weight is 1490 g/mol. The third-order valence-corrected chi connectivity index (χ3v) is 18.0. The van der Waals surface area contributed by atoms with Gasteiger partial charge in [-0.3, -0.25) is 19.2 Å². The summed E-state index contributed by atoms with van der Waals surface area (Å²) in [5, 5.41) is 14.5. The molecule has 0 aliphatic rings. The smallest absolute Gasteiger partial charge is 0.310 e. The van der Waals surface area contributed by atoms with Gasteiger partial charge in [-0.05, 0) is 164 Å². The van der Waals surface area contributed by atoms with E-state index in [1.165, 1.54) is 75.4 Å². The molecule has 0 N–H and O–H groups in total. The van der Waals surface area contributed by atoms with Crippen molar-refractivity contribution in [2.45, 2.75) is 201 Å². The maximum atomic E-state index is 12.1. The number of carbonyl (C=O) groups is 4. The monoisotopic (exact) mass is 1490 g/mol. The van der Waals surface area contributed by atoms with Gasteiger partial charge in [0.15, 0.2) is 0 Å². The Hall–Kier alpha value is -10.0. The quantitative estimate of drug-likeness (QED) is 0.0213. The van der Waals surface area contributed by atoms with E-state index in [0.29, 0.717) is 52.1 Å². The fraction of sp³-hybridized carbons (Fsp3) is 0.360. The fourth-order valence-corrected chi connectivity index (χ4v) is 13.1. The number of aryl methyl sites for hydroxylation is 1. The van der Waals surface area contributed by atoms with Crippen LogP contribution in [0.4, 0.5) is 0 Å². The van der Waals surface area contributed by atoms with Crippen LogP contribution in [0.15, 0.2) is 218 Å². The number of ether oxygens (including phenoxy) is 6. The molecule has 0 atom stereocenters. The summed E-state index contributed by atoms with van der Waals surface area (Å²) >= 11 is 0. The molecule has 0 aromatic heterocycles. The fourth-order valence-electron chi connectivity index (χ4n) is 13.1. The van der Waals surface area contributed by atoms with Crippen LogP contribution in [0.5, 0.6) is 0 Å². The molecule has 12 aromatic rings. The van der Waals surface area contributed by atoms with Gasteiger partial charge in [-0.15, -0.1) is 0 Å². The molecular weight excluding hydrogens is 1360 g/mol. The van der Waals surface area contributed by atoms with Gasteiger partial charge in [0.05, 0.1) is 40.0 Å². The van der Waals surface area contributed by atoms with Crippen LogP contribution < -0.4 is 0 Å². The van der Waals surface area contributed by atoms with Crippen LogP contribution in [0.1, 0.15) is 196 Å². The van der Waals surface area contributed by atoms with Crippen molar-refractivity contribution in [3.05, 3.63) is 252 Å². The van der Waals surface area contributed by atoms with Crippen LogP contribution in [0, 0.1) is 0 Å². The lowest BCUT2D eigenvalue weighted by atomic mass is 9.87. The van der Waals surface area contributed by atoms with Gasteiger partial charge in [0, 0.05) is 39.9 Å². The number of carbonyl (C=O) groups excluding carboxylic acids is 4. The Morgan fingerprint density at radius 2 is 0.609 bits per heavy atom. The standard InChI is InChI=1S/2C30H30O4.C28H30O2.6C2H6/c1-3-4-19-34-29(32)20-21-13-15-22(16-14-21)30-26-11-7-5-9-23(26)25(17-18-28(31)33-2)24-10-6-8-12-27(24)30;1-3-4-13-29(32)34-20-22-14-16-23(17-15-22)30-27-11-7-5-9-24(27)26(18-19-33-21(2)31)25-10-6-8-12-28(25)30;1-3-4-18-30-20-21-13-15-22(16-14-21)28-26-11-7-5-9-23(26)25(17-19-29-2)24-10-6-8-12-27(24)28;6*1-2/h5-16H,3-4,17-20H2,1-2H3;5-12,14-17H,3-4,13,18-20H2,1-2H3;5-16H,3-4,17-20H2,1-2H3;6*1-2H3. The molecule has 10 nitrogen and oxygen atoms in total.